The van der Waals surface area contributed by atoms with Crippen LogP contribution < -0.4 is 4.74 Å². The number of halogens is 4. The van der Waals surface area contributed by atoms with E-state index in [0.717, 1.165) is 6.07 Å². The van der Waals surface area contributed by atoms with Crippen molar-refractivity contribution in [1.82, 2.24) is 9.55 Å². The number of nitrogens with zero attached hydrogens (tertiary/aromatic N) is 2. The van der Waals surface area contributed by atoms with Crippen LogP contribution in [0.15, 0.2) is 12.1 Å². The monoisotopic (exact) mass is 418 g/mol. The summed E-state index contributed by atoms with van der Waals surface area (Å²) in [5, 5.41) is 9.19. The molecule has 11 heteroatoms. The van der Waals surface area contributed by atoms with Gasteiger partial charge in [-0.05, 0) is 32.9 Å². The molecule has 0 aliphatic heterocycles. The Balaban J connectivity index is 2.62. The lowest BCUT2D eigenvalue weighted by atomic mass is 10.1. The molecule has 1 aromatic heterocycles. The van der Waals surface area contributed by atoms with E-state index in [1.807, 2.05) is 0 Å². The van der Waals surface area contributed by atoms with Crippen LogP contribution in [0, 0.1) is 12.7 Å². The number of aromatic nitrogens is 2. The van der Waals surface area contributed by atoms with E-state index in [1.54, 1.807) is 6.92 Å². The van der Waals surface area contributed by atoms with Gasteiger partial charge in [-0.2, -0.15) is 13.2 Å². The van der Waals surface area contributed by atoms with E-state index in [4.69, 9.17) is 9.47 Å². The highest BCUT2D eigenvalue weighted by Crippen LogP contribution is 2.33. The molecule has 29 heavy (non-hydrogen) atoms. The molecule has 0 spiro atoms. The summed E-state index contributed by atoms with van der Waals surface area (Å²) in [5.74, 6) is -4.26. The van der Waals surface area contributed by atoms with E-state index in [0.29, 0.717) is 18.7 Å². The average molecular weight is 418 g/mol. The minimum absolute atomic E-state index is 0.0825. The maximum Gasteiger partial charge on any atom is 0.425 e. The predicted octanol–water partition coefficient (Wildman–Crippen LogP) is 3.74. The zero-order valence-electron chi connectivity index (χ0n) is 15.9. The van der Waals surface area contributed by atoms with Crippen LogP contribution in [0.25, 0.3) is 11.4 Å². The zero-order valence-corrected chi connectivity index (χ0v) is 15.9. The molecule has 1 aromatic carbocycles. The molecule has 2 aromatic rings. The lowest BCUT2D eigenvalue weighted by molar-refractivity contribution is -0.189. The molecule has 0 radical (unpaired) electrons. The molecular weight excluding hydrogens is 400 g/mol. The Kier molecular flexibility index (Phi) is 6.19. The van der Waals surface area contributed by atoms with Gasteiger partial charge in [0.2, 0.25) is 0 Å². The number of rotatable bonds is 6. The Hall–Kier alpha value is -3.11. The van der Waals surface area contributed by atoms with Crippen LogP contribution in [0.2, 0.25) is 0 Å². The second kappa shape index (κ2) is 8.10. The van der Waals surface area contributed by atoms with Gasteiger partial charge >= 0.3 is 18.1 Å². The molecule has 1 heterocycles. The highest BCUT2D eigenvalue weighted by Gasteiger charge is 2.39. The van der Waals surface area contributed by atoms with Gasteiger partial charge in [-0.25, -0.2) is 19.0 Å². The van der Waals surface area contributed by atoms with Crippen LogP contribution in [0.5, 0.6) is 5.75 Å². The fourth-order valence-corrected chi connectivity index (χ4v) is 2.46. The summed E-state index contributed by atoms with van der Waals surface area (Å²) >= 11 is 0. The van der Waals surface area contributed by atoms with Crippen LogP contribution in [0.4, 0.5) is 17.6 Å². The molecule has 0 aliphatic rings. The number of carboxylic acids is 1. The average Bonchev–Trinajstić information content (AvgIpc) is 2.90. The first-order chi connectivity index (χ1) is 13.4. The number of hydrogen-bond donors (Lipinski definition) is 1. The highest BCUT2D eigenvalue weighted by molar-refractivity contribution is 5.92. The third-order valence-electron chi connectivity index (χ3n) is 4.16. The van der Waals surface area contributed by atoms with E-state index in [1.165, 1.54) is 18.5 Å². The normalized spacial score (nSPS) is 12.6. The van der Waals surface area contributed by atoms with Gasteiger partial charge < -0.3 is 19.1 Å². The van der Waals surface area contributed by atoms with Crippen LogP contribution in [0.3, 0.4) is 0 Å². The van der Waals surface area contributed by atoms with Crippen molar-refractivity contribution >= 4 is 11.9 Å². The van der Waals surface area contributed by atoms with Crippen LogP contribution in [-0.2, 0) is 11.8 Å². The van der Waals surface area contributed by atoms with E-state index < -0.39 is 41.3 Å². The Bertz CT molecular complexity index is 953. The van der Waals surface area contributed by atoms with E-state index >= 15 is 0 Å². The summed E-state index contributed by atoms with van der Waals surface area (Å²) in [6.45, 7) is 3.89. The van der Waals surface area contributed by atoms with Crippen molar-refractivity contribution in [1.29, 1.82) is 0 Å². The summed E-state index contributed by atoms with van der Waals surface area (Å²) in [4.78, 5) is 27.3. The van der Waals surface area contributed by atoms with Gasteiger partial charge in [0.25, 0.3) is 0 Å². The molecule has 1 atom stereocenters. The third-order valence-corrected chi connectivity index (χ3v) is 4.16. The van der Waals surface area contributed by atoms with Crippen molar-refractivity contribution in [3.8, 4) is 17.1 Å². The molecule has 158 valence electrons. The topological polar surface area (TPSA) is 90.7 Å². The quantitative estimate of drug-likeness (QED) is 0.568. The lowest BCUT2D eigenvalue weighted by Gasteiger charge is -2.19. The molecule has 7 nitrogen and oxygen atoms in total. The van der Waals surface area contributed by atoms with Crippen molar-refractivity contribution in [2.75, 3.05) is 6.61 Å². The standard InChI is InChI=1S/C18H18F4N2O5/c1-5-28-17(27)14-8(2)24(4)15(23-14)10-7-13(29-9(3)18(20,21)22)11(16(25)26)6-12(10)19/h6-7,9H,5H2,1-4H3,(H,25,26). The Morgan fingerprint density at radius 3 is 2.45 bits per heavy atom. The van der Waals surface area contributed by atoms with Gasteiger partial charge in [0.15, 0.2) is 11.8 Å². The molecule has 0 saturated heterocycles. The molecule has 0 amide bonds. The van der Waals surface area contributed by atoms with Crippen molar-refractivity contribution in [3.05, 3.63) is 34.9 Å². The molecular formula is C18H18F4N2O5. The number of imidazole rings is 1. The first-order valence-electron chi connectivity index (χ1n) is 8.39. The Labute approximate surface area is 162 Å². The van der Waals surface area contributed by atoms with Crippen LogP contribution in [-0.4, -0.2) is 45.5 Å². The van der Waals surface area contributed by atoms with Crippen molar-refractivity contribution in [2.45, 2.75) is 33.1 Å². The molecule has 1 unspecified atom stereocenters. The molecule has 1 N–H and O–H groups in total. The maximum atomic E-state index is 14.6. The maximum absolute atomic E-state index is 14.6. The van der Waals surface area contributed by atoms with Crippen molar-refractivity contribution < 1.29 is 41.7 Å². The van der Waals surface area contributed by atoms with Gasteiger partial charge in [0, 0.05) is 12.7 Å². The molecule has 0 fully saturated rings. The van der Waals surface area contributed by atoms with E-state index in [2.05, 4.69) is 4.98 Å². The predicted molar refractivity (Wildman–Crippen MR) is 92.4 cm³/mol. The zero-order chi connectivity index (χ0) is 22.1. The number of esters is 1. The second-order valence-corrected chi connectivity index (χ2v) is 6.08. The van der Waals surface area contributed by atoms with Gasteiger partial charge in [-0.1, -0.05) is 0 Å². The Morgan fingerprint density at radius 2 is 1.93 bits per heavy atom. The first-order valence-corrected chi connectivity index (χ1v) is 8.39. The summed E-state index contributed by atoms with van der Waals surface area (Å²) in [7, 11) is 1.46. The summed E-state index contributed by atoms with van der Waals surface area (Å²) in [5.41, 5.74) is -0.886. The number of aromatic carboxylic acids is 1. The second-order valence-electron chi connectivity index (χ2n) is 6.08. The summed E-state index contributed by atoms with van der Waals surface area (Å²) < 4.78 is 64.1. The number of carbonyl (C=O) groups is 2. The number of carboxylic acid groups (broad SMARTS) is 1. The van der Waals surface area contributed by atoms with Gasteiger partial charge in [-0.15, -0.1) is 0 Å². The van der Waals surface area contributed by atoms with E-state index in [-0.39, 0.29) is 23.7 Å². The molecule has 0 bridgehead atoms. The van der Waals surface area contributed by atoms with Crippen LogP contribution >= 0.6 is 0 Å². The number of carbonyl (C=O) groups excluding carboxylic acids is 1. The van der Waals surface area contributed by atoms with E-state index in [9.17, 15) is 32.3 Å². The summed E-state index contributed by atoms with van der Waals surface area (Å²) in [6, 6.07) is 1.36. The smallest absolute Gasteiger partial charge is 0.425 e. The molecule has 0 saturated carbocycles. The number of alkyl halides is 3. The third kappa shape index (κ3) is 4.49. The van der Waals surface area contributed by atoms with Gasteiger partial charge in [-0.3, -0.25) is 0 Å². The number of hydrogen-bond acceptors (Lipinski definition) is 5. The van der Waals surface area contributed by atoms with Crippen LogP contribution in [0.1, 0.15) is 40.4 Å². The fourth-order valence-electron chi connectivity index (χ4n) is 2.46. The first kappa shape index (κ1) is 22.2. The SMILES string of the molecule is CCOC(=O)c1nc(-c2cc(OC(C)C(F)(F)F)c(C(=O)O)cc2F)n(C)c1C. The summed E-state index contributed by atoms with van der Waals surface area (Å²) in [6.07, 6.45) is -7.10. The highest BCUT2D eigenvalue weighted by atomic mass is 19.4. The Morgan fingerprint density at radius 1 is 1.31 bits per heavy atom. The molecule has 0 aliphatic carbocycles. The van der Waals surface area contributed by atoms with Crippen molar-refractivity contribution in [2.24, 2.45) is 7.05 Å². The largest absolute Gasteiger partial charge is 0.480 e. The lowest BCUT2D eigenvalue weighted by Crippen LogP contribution is -2.31. The number of ether oxygens (including phenoxy) is 2. The minimum Gasteiger partial charge on any atom is -0.480 e. The van der Waals surface area contributed by atoms with Crippen molar-refractivity contribution in [3.63, 3.8) is 0 Å². The molecule has 2 rings (SSSR count). The number of benzene rings is 1. The van der Waals surface area contributed by atoms with Gasteiger partial charge in [0.1, 0.15) is 23.0 Å². The van der Waals surface area contributed by atoms with Gasteiger partial charge in [0.05, 0.1) is 12.2 Å². The minimum atomic E-state index is -4.76. The fraction of sp³-hybridized carbons (Fsp3) is 0.389.